The number of hydrogen-bond donors (Lipinski definition) is 1. The molecule has 9 heteroatoms. The van der Waals surface area contributed by atoms with Gasteiger partial charge in [0.15, 0.2) is 0 Å². The van der Waals surface area contributed by atoms with Crippen LogP contribution in [0.25, 0.3) is 0 Å². The summed E-state index contributed by atoms with van der Waals surface area (Å²) in [6.07, 6.45) is 0.339. The summed E-state index contributed by atoms with van der Waals surface area (Å²) >= 11 is 0. The van der Waals surface area contributed by atoms with E-state index in [1.54, 1.807) is 49.6 Å². The van der Waals surface area contributed by atoms with Gasteiger partial charge in [0, 0.05) is 12.1 Å². The monoisotopic (exact) mass is 593 g/mol. The number of rotatable bonds is 11. The van der Waals surface area contributed by atoms with Crippen LogP contribution in [0.4, 0.5) is 5.69 Å². The molecule has 226 valence electrons. The van der Waals surface area contributed by atoms with E-state index < -0.39 is 34.1 Å². The lowest BCUT2D eigenvalue weighted by Crippen LogP contribution is -2.55. The third-order valence-electron chi connectivity index (χ3n) is 6.89. The third kappa shape index (κ3) is 8.12. The number of carbonyl (C=O) groups is 2. The number of nitrogens with one attached hydrogen (secondary N) is 1. The maximum atomic E-state index is 14.3. The van der Waals surface area contributed by atoms with Crippen molar-refractivity contribution in [1.82, 2.24) is 10.2 Å². The lowest BCUT2D eigenvalue weighted by molar-refractivity contribution is -0.141. The Kier molecular flexibility index (Phi) is 10.4. The lowest BCUT2D eigenvalue weighted by atomic mass is 10.1. The second-order valence-corrected chi connectivity index (χ2v) is 13.5. The summed E-state index contributed by atoms with van der Waals surface area (Å²) in [5, 5.41) is 2.99. The van der Waals surface area contributed by atoms with Gasteiger partial charge in [-0.2, -0.15) is 0 Å². The number of ether oxygens (including phenoxy) is 1. The SMILES string of the molecule is CCC(C(=O)NC(C)(C)C)N(Cc1cccc(OC)c1)C(=O)CN(c1cc(C)ccc1C)S(=O)(=O)c1ccc(C)cc1. The predicted octanol–water partition coefficient (Wildman–Crippen LogP) is 5.54. The molecule has 2 amide bonds. The molecule has 3 aromatic rings. The Hall–Kier alpha value is -3.85. The second-order valence-electron chi connectivity index (χ2n) is 11.7. The van der Waals surface area contributed by atoms with Gasteiger partial charge in [0.05, 0.1) is 17.7 Å². The van der Waals surface area contributed by atoms with E-state index >= 15 is 0 Å². The molecule has 42 heavy (non-hydrogen) atoms. The van der Waals surface area contributed by atoms with E-state index in [1.807, 2.05) is 72.7 Å². The zero-order chi connectivity index (χ0) is 31.2. The Morgan fingerprint density at radius 3 is 2.17 bits per heavy atom. The number of amides is 2. The van der Waals surface area contributed by atoms with Crippen molar-refractivity contribution in [2.45, 2.75) is 77.9 Å². The van der Waals surface area contributed by atoms with Crippen LogP contribution >= 0.6 is 0 Å². The van der Waals surface area contributed by atoms with Crippen molar-refractivity contribution in [2.75, 3.05) is 18.0 Å². The van der Waals surface area contributed by atoms with Crippen molar-refractivity contribution in [1.29, 1.82) is 0 Å². The van der Waals surface area contributed by atoms with Crippen LogP contribution in [0.5, 0.6) is 5.75 Å². The van der Waals surface area contributed by atoms with Crippen LogP contribution in [0.3, 0.4) is 0 Å². The van der Waals surface area contributed by atoms with Gasteiger partial charge in [-0.3, -0.25) is 13.9 Å². The summed E-state index contributed by atoms with van der Waals surface area (Å²) < 4.78 is 34.8. The molecular weight excluding hydrogens is 550 g/mol. The highest BCUT2D eigenvalue weighted by molar-refractivity contribution is 7.92. The van der Waals surface area contributed by atoms with E-state index in [2.05, 4.69) is 5.32 Å². The molecule has 0 heterocycles. The van der Waals surface area contributed by atoms with Crippen LogP contribution in [-0.2, 0) is 26.2 Å². The molecule has 8 nitrogen and oxygen atoms in total. The molecule has 0 bridgehead atoms. The Morgan fingerprint density at radius 1 is 0.929 bits per heavy atom. The molecular formula is C33H43N3O5S. The van der Waals surface area contributed by atoms with Crippen molar-refractivity contribution in [3.8, 4) is 5.75 Å². The van der Waals surface area contributed by atoms with Gasteiger partial charge >= 0.3 is 0 Å². The number of hydrogen-bond acceptors (Lipinski definition) is 5. The van der Waals surface area contributed by atoms with Crippen molar-refractivity contribution in [3.63, 3.8) is 0 Å². The number of anilines is 1. The van der Waals surface area contributed by atoms with Crippen molar-refractivity contribution < 1.29 is 22.7 Å². The van der Waals surface area contributed by atoms with Crippen LogP contribution in [0.2, 0.25) is 0 Å². The first kappa shape index (κ1) is 32.7. The topological polar surface area (TPSA) is 96.0 Å². The molecule has 1 atom stereocenters. The highest BCUT2D eigenvalue weighted by Crippen LogP contribution is 2.29. The van der Waals surface area contributed by atoms with Crippen LogP contribution in [0.15, 0.2) is 71.6 Å². The normalized spacial score (nSPS) is 12.4. The van der Waals surface area contributed by atoms with Gasteiger partial charge in [0.1, 0.15) is 18.3 Å². The maximum Gasteiger partial charge on any atom is 0.264 e. The van der Waals surface area contributed by atoms with Gasteiger partial charge in [0.25, 0.3) is 10.0 Å². The van der Waals surface area contributed by atoms with Crippen molar-refractivity contribution in [2.24, 2.45) is 0 Å². The van der Waals surface area contributed by atoms with Gasteiger partial charge in [0.2, 0.25) is 11.8 Å². The Balaban J connectivity index is 2.12. The first-order chi connectivity index (χ1) is 19.7. The minimum atomic E-state index is -4.14. The van der Waals surface area contributed by atoms with E-state index in [-0.39, 0.29) is 17.3 Å². The Morgan fingerprint density at radius 2 is 1.57 bits per heavy atom. The van der Waals surface area contributed by atoms with Gasteiger partial charge < -0.3 is 15.0 Å². The zero-order valence-corrected chi connectivity index (χ0v) is 26.7. The molecule has 0 aliphatic rings. The minimum absolute atomic E-state index is 0.0821. The molecule has 0 aromatic heterocycles. The maximum absolute atomic E-state index is 14.3. The molecule has 3 rings (SSSR count). The summed E-state index contributed by atoms with van der Waals surface area (Å²) in [6, 6.07) is 18.5. The molecule has 0 spiro atoms. The average Bonchev–Trinajstić information content (AvgIpc) is 2.92. The van der Waals surface area contributed by atoms with E-state index in [9.17, 15) is 18.0 Å². The van der Waals surface area contributed by atoms with Crippen LogP contribution in [0, 0.1) is 20.8 Å². The van der Waals surface area contributed by atoms with Crippen LogP contribution < -0.4 is 14.4 Å². The average molecular weight is 594 g/mol. The fourth-order valence-corrected chi connectivity index (χ4v) is 6.15. The largest absolute Gasteiger partial charge is 0.497 e. The molecule has 0 radical (unpaired) electrons. The van der Waals surface area contributed by atoms with Gasteiger partial charge in [-0.15, -0.1) is 0 Å². The zero-order valence-electron chi connectivity index (χ0n) is 25.9. The number of sulfonamides is 1. The van der Waals surface area contributed by atoms with Gasteiger partial charge in [-0.05, 0) is 95.0 Å². The third-order valence-corrected chi connectivity index (χ3v) is 8.67. The van der Waals surface area contributed by atoms with E-state index in [4.69, 9.17) is 4.74 Å². The number of aryl methyl sites for hydroxylation is 3. The Labute approximate surface area is 250 Å². The summed E-state index contributed by atoms with van der Waals surface area (Å²) in [5.41, 5.74) is 3.14. The summed E-state index contributed by atoms with van der Waals surface area (Å²) in [4.78, 5) is 29.3. The van der Waals surface area contributed by atoms with E-state index in [0.29, 0.717) is 23.4 Å². The molecule has 0 saturated carbocycles. The highest BCUT2D eigenvalue weighted by Gasteiger charge is 2.35. The number of nitrogens with zero attached hydrogens (tertiary/aromatic N) is 2. The van der Waals surface area contributed by atoms with Crippen LogP contribution in [-0.4, -0.2) is 50.4 Å². The van der Waals surface area contributed by atoms with E-state index in [0.717, 1.165) is 21.0 Å². The Bertz CT molecular complexity index is 1510. The van der Waals surface area contributed by atoms with Crippen molar-refractivity contribution in [3.05, 3.63) is 89.0 Å². The van der Waals surface area contributed by atoms with Crippen LogP contribution in [0.1, 0.15) is 56.4 Å². The van der Waals surface area contributed by atoms with E-state index in [1.165, 1.54) is 4.90 Å². The first-order valence-electron chi connectivity index (χ1n) is 14.1. The molecule has 0 aliphatic heterocycles. The smallest absolute Gasteiger partial charge is 0.264 e. The second kappa shape index (κ2) is 13.4. The summed E-state index contributed by atoms with van der Waals surface area (Å²) in [7, 11) is -2.58. The summed E-state index contributed by atoms with van der Waals surface area (Å²) in [5.74, 6) is -0.183. The molecule has 1 N–H and O–H groups in total. The standard InChI is InChI=1S/C33H43N3O5S/c1-9-29(32(38)34-33(5,6)7)35(21-26-11-10-12-27(20-26)41-8)31(37)22-36(30-19-24(3)13-16-25(30)4)42(39,40)28-17-14-23(2)15-18-28/h10-20,29H,9,21-22H2,1-8H3,(H,34,38). The van der Waals surface area contributed by atoms with Crippen molar-refractivity contribution >= 4 is 27.5 Å². The molecule has 0 saturated heterocycles. The minimum Gasteiger partial charge on any atom is -0.497 e. The number of carbonyl (C=O) groups excluding carboxylic acids is 2. The van der Waals surface area contributed by atoms with Gasteiger partial charge in [-0.25, -0.2) is 8.42 Å². The highest BCUT2D eigenvalue weighted by atomic mass is 32.2. The number of benzene rings is 3. The molecule has 0 aliphatic carbocycles. The molecule has 0 fully saturated rings. The fraction of sp³-hybridized carbons (Fsp3) is 0.394. The molecule has 3 aromatic carbocycles. The fourth-order valence-electron chi connectivity index (χ4n) is 4.68. The van der Waals surface area contributed by atoms with Gasteiger partial charge in [-0.1, -0.05) is 48.9 Å². The first-order valence-corrected chi connectivity index (χ1v) is 15.5. The number of methoxy groups -OCH3 is 1. The predicted molar refractivity (Wildman–Crippen MR) is 167 cm³/mol. The summed E-state index contributed by atoms with van der Waals surface area (Å²) in [6.45, 7) is 12.7. The lowest BCUT2D eigenvalue weighted by Gasteiger charge is -2.35. The molecule has 1 unspecified atom stereocenters. The quantitative estimate of drug-likeness (QED) is 0.315.